The molecule has 0 radical (unpaired) electrons. The molecule has 1 atom stereocenters. The Morgan fingerprint density at radius 1 is 1.60 bits per heavy atom. The van der Waals surface area contributed by atoms with Crippen LogP contribution < -0.4 is 0 Å². The number of Topliss-reactive ketones (excluding diaryl/α,β-unsaturated/α-hetero) is 1. The lowest BCUT2D eigenvalue weighted by atomic mass is 9.79. The smallest absolute Gasteiger partial charge is 0.145 e. The van der Waals surface area contributed by atoms with Crippen LogP contribution in [-0.4, -0.2) is 12.1 Å². The van der Waals surface area contributed by atoms with Gasteiger partial charge in [0.25, 0.3) is 0 Å². The lowest BCUT2D eigenvalue weighted by molar-refractivity contribution is -0.131. The maximum atomic E-state index is 11.1. The summed E-state index contributed by atoms with van der Waals surface area (Å²) in [6.45, 7) is 1.67. The molecule has 0 aromatic carbocycles. The van der Waals surface area contributed by atoms with Crippen LogP contribution in [0.1, 0.15) is 26.2 Å². The van der Waals surface area contributed by atoms with Crippen molar-refractivity contribution in [1.29, 1.82) is 0 Å². The van der Waals surface area contributed by atoms with Crippen molar-refractivity contribution in [2.24, 2.45) is 11.8 Å². The number of carbonyl (C=O) groups excluding carboxylic acids is 2. The highest BCUT2D eigenvalue weighted by atomic mass is 16.1. The summed E-state index contributed by atoms with van der Waals surface area (Å²) >= 11 is 0. The van der Waals surface area contributed by atoms with E-state index in [2.05, 4.69) is 0 Å². The maximum absolute atomic E-state index is 11.1. The minimum atomic E-state index is -0.370. The summed E-state index contributed by atoms with van der Waals surface area (Å²) in [4.78, 5) is 21.3. The Balaban J connectivity index is 2.39. The molecule has 2 nitrogen and oxygen atoms in total. The largest absolute Gasteiger partial charge is 0.303 e. The summed E-state index contributed by atoms with van der Waals surface area (Å²) in [6, 6.07) is 0. The van der Waals surface area contributed by atoms with E-state index in [1.807, 2.05) is 0 Å². The third-order valence-corrected chi connectivity index (χ3v) is 2.16. The predicted octanol–water partition coefficient (Wildman–Crippen LogP) is 1.19. The van der Waals surface area contributed by atoms with Crippen molar-refractivity contribution < 1.29 is 9.59 Å². The number of aldehydes is 1. The fourth-order valence-corrected chi connectivity index (χ4v) is 1.13. The van der Waals surface area contributed by atoms with Gasteiger partial charge in [0.05, 0.1) is 5.92 Å². The molecule has 0 amide bonds. The van der Waals surface area contributed by atoms with E-state index in [4.69, 9.17) is 0 Å². The van der Waals surface area contributed by atoms with Crippen LogP contribution in [0.5, 0.6) is 0 Å². The average Bonchev–Trinajstić information content (AvgIpc) is 1.82. The Morgan fingerprint density at radius 2 is 2.20 bits per heavy atom. The van der Waals surface area contributed by atoms with E-state index < -0.39 is 0 Å². The van der Waals surface area contributed by atoms with E-state index in [-0.39, 0.29) is 17.6 Å². The van der Waals surface area contributed by atoms with Gasteiger partial charge in [0.2, 0.25) is 0 Å². The highest BCUT2D eigenvalue weighted by Gasteiger charge is 2.28. The Labute approximate surface area is 60.6 Å². The van der Waals surface area contributed by atoms with E-state index in [0.717, 1.165) is 25.5 Å². The summed E-state index contributed by atoms with van der Waals surface area (Å²) in [6.07, 6.45) is 3.89. The van der Waals surface area contributed by atoms with Gasteiger partial charge in [0.1, 0.15) is 12.1 Å². The lowest BCUT2D eigenvalue weighted by Gasteiger charge is -2.24. The summed E-state index contributed by atoms with van der Waals surface area (Å²) in [7, 11) is 0. The van der Waals surface area contributed by atoms with E-state index >= 15 is 0 Å². The van der Waals surface area contributed by atoms with E-state index in [9.17, 15) is 9.59 Å². The van der Waals surface area contributed by atoms with Gasteiger partial charge in [-0.3, -0.25) is 4.79 Å². The molecule has 0 aromatic heterocycles. The van der Waals surface area contributed by atoms with Crippen LogP contribution in [-0.2, 0) is 9.59 Å². The van der Waals surface area contributed by atoms with Crippen LogP contribution in [0, 0.1) is 11.8 Å². The zero-order valence-corrected chi connectivity index (χ0v) is 6.17. The van der Waals surface area contributed by atoms with Gasteiger partial charge < -0.3 is 4.79 Å². The Kier molecular flexibility index (Phi) is 2.20. The molecule has 0 bridgehead atoms. The number of rotatable bonds is 3. The first-order valence-electron chi connectivity index (χ1n) is 3.74. The maximum Gasteiger partial charge on any atom is 0.145 e. The van der Waals surface area contributed by atoms with Crippen LogP contribution in [0.2, 0.25) is 0 Å². The van der Waals surface area contributed by atoms with Gasteiger partial charge in [-0.25, -0.2) is 0 Å². The molecule has 1 aliphatic carbocycles. The molecule has 56 valence electrons. The van der Waals surface area contributed by atoms with Crippen LogP contribution in [0.3, 0.4) is 0 Å². The first-order chi connectivity index (χ1) is 4.75. The second-order valence-electron chi connectivity index (χ2n) is 2.95. The Bertz CT molecular complexity index is 147. The van der Waals surface area contributed by atoms with Crippen LogP contribution >= 0.6 is 0 Å². The molecule has 0 spiro atoms. The molecular formula is C8H12O2. The van der Waals surface area contributed by atoms with Gasteiger partial charge >= 0.3 is 0 Å². The zero-order valence-electron chi connectivity index (χ0n) is 6.17. The molecular weight excluding hydrogens is 128 g/mol. The van der Waals surface area contributed by atoms with Crippen molar-refractivity contribution >= 4 is 12.1 Å². The van der Waals surface area contributed by atoms with Crippen molar-refractivity contribution in [3.05, 3.63) is 0 Å². The molecule has 0 N–H and O–H groups in total. The minimum absolute atomic E-state index is 0.140. The van der Waals surface area contributed by atoms with Gasteiger partial charge in [-0.2, -0.15) is 0 Å². The minimum Gasteiger partial charge on any atom is -0.303 e. The predicted molar refractivity (Wildman–Crippen MR) is 37.6 cm³/mol. The third-order valence-electron chi connectivity index (χ3n) is 2.16. The lowest BCUT2D eigenvalue weighted by Crippen LogP contribution is -2.27. The second-order valence-corrected chi connectivity index (χ2v) is 2.95. The molecule has 1 aliphatic rings. The fraction of sp³-hybridized carbons (Fsp3) is 0.750. The van der Waals surface area contributed by atoms with Crippen LogP contribution in [0.15, 0.2) is 0 Å². The standard InChI is InChI=1S/C8H12O2/c1-6(5-9)8(10)7-3-2-4-7/h5-7H,2-4H2,1H3. The van der Waals surface area contributed by atoms with Gasteiger partial charge in [-0.05, 0) is 19.8 Å². The van der Waals surface area contributed by atoms with Gasteiger partial charge in [0, 0.05) is 5.92 Å². The van der Waals surface area contributed by atoms with Gasteiger partial charge in [0.15, 0.2) is 0 Å². The molecule has 1 saturated carbocycles. The number of hydrogen-bond donors (Lipinski definition) is 0. The van der Waals surface area contributed by atoms with Crippen molar-refractivity contribution in [3.63, 3.8) is 0 Å². The molecule has 0 aromatic rings. The first kappa shape index (κ1) is 7.45. The van der Waals surface area contributed by atoms with E-state index in [0.29, 0.717) is 0 Å². The van der Waals surface area contributed by atoms with Gasteiger partial charge in [-0.1, -0.05) is 6.42 Å². The second kappa shape index (κ2) is 2.95. The third kappa shape index (κ3) is 1.25. The summed E-state index contributed by atoms with van der Waals surface area (Å²) in [5, 5.41) is 0. The molecule has 0 heterocycles. The average molecular weight is 140 g/mol. The Hall–Kier alpha value is -0.660. The normalized spacial score (nSPS) is 21.3. The highest BCUT2D eigenvalue weighted by molar-refractivity contribution is 5.94. The van der Waals surface area contributed by atoms with E-state index in [1.54, 1.807) is 6.92 Å². The van der Waals surface area contributed by atoms with Crippen LogP contribution in [0.4, 0.5) is 0 Å². The summed E-state index contributed by atoms with van der Waals surface area (Å²) < 4.78 is 0. The molecule has 1 fully saturated rings. The molecule has 2 heteroatoms. The fourth-order valence-electron chi connectivity index (χ4n) is 1.13. The van der Waals surface area contributed by atoms with Crippen molar-refractivity contribution in [2.45, 2.75) is 26.2 Å². The monoisotopic (exact) mass is 140 g/mol. The summed E-state index contributed by atoms with van der Waals surface area (Å²) in [5.41, 5.74) is 0. The molecule has 0 aliphatic heterocycles. The summed E-state index contributed by atoms with van der Waals surface area (Å²) in [5.74, 6) is -0.0215. The first-order valence-corrected chi connectivity index (χ1v) is 3.74. The molecule has 1 rings (SSSR count). The van der Waals surface area contributed by atoms with Gasteiger partial charge in [-0.15, -0.1) is 0 Å². The topological polar surface area (TPSA) is 34.1 Å². The highest BCUT2D eigenvalue weighted by Crippen LogP contribution is 2.28. The van der Waals surface area contributed by atoms with Crippen LogP contribution in [0.25, 0.3) is 0 Å². The number of ketones is 1. The number of carbonyl (C=O) groups is 2. The molecule has 0 saturated heterocycles. The molecule has 10 heavy (non-hydrogen) atoms. The van der Waals surface area contributed by atoms with E-state index in [1.165, 1.54) is 0 Å². The number of hydrogen-bond acceptors (Lipinski definition) is 2. The zero-order chi connectivity index (χ0) is 7.56. The Morgan fingerprint density at radius 3 is 2.50 bits per heavy atom. The van der Waals surface area contributed by atoms with Crippen molar-refractivity contribution in [3.8, 4) is 0 Å². The SMILES string of the molecule is CC(C=O)C(=O)C1CCC1. The van der Waals surface area contributed by atoms with Crippen molar-refractivity contribution in [1.82, 2.24) is 0 Å². The molecule has 1 unspecified atom stereocenters. The quantitative estimate of drug-likeness (QED) is 0.436. The van der Waals surface area contributed by atoms with Crippen molar-refractivity contribution in [2.75, 3.05) is 0 Å².